The number of amides is 1. The van der Waals surface area contributed by atoms with Crippen molar-refractivity contribution < 1.29 is 70.8 Å². The first-order chi connectivity index (χ1) is 11.7. The molecule has 0 spiro atoms. The number of aliphatic imine (C=N–C) groups is 1. The summed E-state index contributed by atoms with van der Waals surface area (Å²) in [5, 5.41) is 11.7. The van der Waals surface area contributed by atoms with Gasteiger partial charge in [0.05, 0.1) is 0 Å². The maximum Gasteiger partial charge on any atom is 1.00 e. The van der Waals surface area contributed by atoms with Crippen LogP contribution in [0.2, 0.25) is 0 Å². The van der Waals surface area contributed by atoms with E-state index >= 15 is 0 Å². The van der Waals surface area contributed by atoms with Crippen LogP contribution in [-0.2, 0) is 9.59 Å². The van der Waals surface area contributed by atoms with Crippen molar-refractivity contribution in [1.82, 2.24) is 4.90 Å². The summed E-state index contributed by atoms with van der Waals surface area (Å²) in [5.41, 5.74) is 0. The predicted molar refractivity (Wildman–Crippen MR) is 97.8 cm³/mol. The quantitative estimate of drug-likeness (QED) is 0.199. The van der Waals surface area contributed by atoms with Crippen molar-refractivity contribution in [2.75, 3.05) is 0 Å². The van der Waals surface area contributed by atoms with Gasteiger partial charge in [0.15, 0.2) is 6.04 Å². The van der Waals surface area contributed by atoms with Gasteiger partial charge in [0.2, 0.25) is 5.12 Å². The molecule has 9 heteroatoms. The van der Waals surface area contributed by atoms with E-state index in [0.29, 0.717) is 5.75 Å². The Morgan fingerprint density at radius 3 is 2.58 bits per heavy atom. The number of rotatable bonds is 5. The van der Waals surface area contributed by atoms with Crippen LogP contribution in [0.1, 0.15) is 20.8 Å². The van der Waals surface area contributed by atoms with E-state index in [0.717, 1.165) is 0 Å². The summed E-state index contributed by atoms with van der Waals surface area (Å²) in [6.45, 7) is 5.38. The van der Waals surface area contributed by atoms with Gasteiger partial charge in [0.25, 0.3) is 5.91 Å². The SMILES string of the molecule is CC(Oc1ccccc1)C([O-])=NC1C(=O)N2C1SC(C)(C)C2C(=O)S.[K+]. The fraction of sp³-hybridized carbons (Fsp3) is 0.471. The third kappa shape index (κ3) is 4.18. The summed E-state index contributed by atoms with van der Waals surface area (Å²) in [5.74, 6) is -0.228. The van der Waals surface area contributed by atoms with Crippen molar-refractivity contribution in [2.45, 2.75) is 49.1 Å². The van der Waals surface area contributed by atoms with Crippen LogP contribution >= 0.6 is 24.4 Å². The van der Waals surface area contributed by atoms with Crippen LogP contribution < -0.4 is 61.2 Å². The van der Waals surface area contributed by atoms with Gasteiger partial charge in [0, 0.05) is 4.75 Å². The minimum atomic E-state index is -0.786. The van der Waals surface area contributed by atoms with Crippen molar-refractivity contribution in [3.63, 3.8) is 0 Å². The zero-order chi connectivity index (χ0) is 18.4. The summed E-state index contributed by atoms with van der Waals surface area (Å²) in [4.78, 5) is 29.7. The molecule has 4 atom stereocenters. The van der Waals surface area contributed by atoms with Crippen LogP contribution in [0.4, 0.5) is 0 Å². The number of nitrogens with zero attached hydrogens (tertiary/aromatic N) is 2. The summed E-state index contributed by atoms with van der Waals surface area (Å²) in [6.07, 6.45) is -0.786. The maximum atomic E-state index is 12.4. The Labute approximate surface area is 205 Å². The number of β-lactam (4-membered cyclic amide) rings is 1. The number of thioether (sulfide) groups is 1. The summed E-state index contributed by atoms with van der Waals surface area (Å²) in [7, 11) is 0. The number of benzene rings is 1. The summed E-state index contributed by atoms with van der Waals surface area (Å²) < 4.78 is 5.09. The second kappa shape index (κ2) is 8.54. The Morgan fingerprint density at radius 1 is 1.38 bits per heavy atom. The number of carbonyl (C=O) groups is 2. The average molecular weight is 419 g/mol. The van der Waals surface area contributed by atoms with Crippen LogP contribution in [0.15, 0.2) is 35.3 Å². The third-order valence-electron chi connectivity index (χ3n) is 4.32. The Bertz CT molecular complexity index is 729. The molecule has 0 radical (unpaired) electrons. The Kier molecular flexibility index (Phi) is 7.31. The summed E-state index contributed by atoms with van der Waals surface area (Å²) >= 11 is 5.38. The molecule has 0 saturated carbocycles. The first kappa shape index (κ1) is 22.3. The first-order valence-electron chi connectivity index (χ1n) is 7.91. The zero-order valence-electron chi connectivity index (χ0n) is 15.1. The van der Waals surface area contributed by atoms with E-state index in [9.17, 15) is 14.7 Å². The van der Waals surface area contributed by atoms with E-state index < -0.39 is 28.8 Å². The fourth-order valence-corrected chi connectivity index (χ4v) is 5.26. The van der Waals surface area contributed by atoms with Crippen molar-refractivity contribution in [1.29, 1.82) is 0 Å². The number of fused-ring (bicyclic) bond motifs is 1. The number of carbonyl (C=O) groups excluding carboxylic acids is 2. The van der Waals surface area contributed by atoms with E-state index in [-0.39, 0.29) is 67.8 Å². The van der Waals surface area contributed by atoms with Gasteiger partial charge in [-0.3, -0.25) is 14.6 Å². The van der Waals surface area contributed by atoms with Crippen LogP contribution in [0, 0.1) is 0 Å². The number of hydrogen-bond acceptors (Lipinski definition) is 6. The van der Waals surface area contributed by atoms with Crippen molar-refractivity contribution in [3.8, 4) is 5.75 Å². The van der Waals surface area contributed by atoms with Crippen molar-refractivity contribution >= 4 is 41.3 Å². The molecule has 2 saturated heterocycles. The predicted octanol–water partition coefficient (Wildman–Crippen LogP) is -1.90. The molecule has 0 bridgehead atoms. The first-order valence-corrected chi connectivity index (χ1v) is 9.24. The van der Waals surface area contributed by atoms with Gasteiger partial charge in [-0.1, -0.05) is 18.2 Å². The molecular weight excluding hydrogens is 399 g/mol. The van der Waals surface area contributed by atoms with Gasteiger partial charge in [-0.25, -0.2) is 0 Å². The van der Waals surface area contributed by atoms with E-state index in [1.807, 2.05) is 32.0 Å². The van der Waals surface area contributed by atoms with E-state index in [1.54, 1.807) is 19.1 Å². The van der Waals surface area contributed by atoms with E-state index in [4.69, 9.17) is 4.74 Å². The molecule has 1 amide bonds. The molecular formula is C17H19KN2O4S2. The molecule has 6 nitrogen and oxygen atoms in total. The molecule has 2 aliphatic rings. The Balaban J connectivity index is 0.00000243. The largest absolute Gasteiger partial charge is 1.00 e. The van der Waals surface area contributed by atoms with Crippen LogP contribution in [0.25, 0.3) is 0 Å². The monoisotopic (exact) mass is 418 g/mol. The van der Waals surface area contributed by atoms with Gasteiger partial charge < -0.3 is 14.7 Å². The minimum Gasteiger partial charge on any atom is -0.859 e. The van der Waals surface area contributed by atoms with Crippen LogP contribution in [-0.4, -0.2) is 50.1 Å². The fourth-order valence-electron chi connectivity index (χ4n) is 3.11. The zero-order valence-corrected chi connectivity index (χ0v) is 19.9. The molecule has 0 aromatic heterocycles. The molecule has 2 heterocycles. The Morgan fingerprint density at radius 2 is 2.00 bits per heavy atom. The molecule has 134 valence electrons. The average Bonchev–Trinajstić information content (AvgIpc) is 2.81. The van der Waals surface area contributed by atoms with Crippen LogP contribution in [0.3, 0.4) is 0 Å². The summed E-state index contributed by atoms with van der Waals surface area (Å²) in [6, 6.07) is 7.60. The second-order valence-corrected chi connectivity index (χ2v) is 8.80. The second-order valence-electron chi connectivity index (χ2n) is 6.58. The van der Waals surface area contributed by atoms with Gasteiger partial charge >= 0.3 is 51.4 Å². The molecule has 2 aliphatic heterocycles. The number of ether oxygens (including phenoxy) is 1. The molecule has 3 rings (SSSR count). The molecule has 2 fully saturated rings. The van der Waals surface area contributed by atoms with Crippen LogP contribution in [0.5, 0.6) is 5.75 Å². The number of hydrogen-bond donors (Lipinski definition) is 1. The molecule has 1 aromatic rings. The van der Waals surface area contributed by atoms with Crippen molar-refractivity contribution in [3.05, 3.63) is 30.3 Å². The normalized spacial score (nSPS) is 27.8. The number of para-hydroxylation sites is 1. The van der Waals surface area contributed by atoms with E-state index in [2.05, 4.69) is 17.6 Å². The molecule has 0 N–H and O–H groups in total. The molecule has 4 unspecified atom stereocenters. The maximum absolute atomic E-state index is 12.4. The van der Waals surface area contributed by atoms with Gasteiger partial charge in [-0.2, -0.15) is 0 Å². The topological polar surface area (TPSA) is 82.0 Å². The van der Waals surface area contributed by atoms with Gasteiger partial charge in [0.1, 0.15) is 23.3 Å². The van der Waals surface area contributed by atoms with Gasteiger partial charge in [-0.05, 0) is 38.8 Å². The smallest absolute Gasteiger partial charge is 0.859 e. The number of thiol groups is 1. The minimum absolute atomic E-state index is 0. The standard InChI is InChI=1S/C17H20N2O4S2.K/c1-9(23-10-7-5-4-6-8-10)13(20)18-11-14(21)19-12(16(22)24)17(2,3)25-15(11)19;/h4-9,11-12,15H,1-3H3,(H,18,20)(H,22,24);/q;+1/p-1. The van der Waals surface area contributed by atoms with E-state index in [1.165, 1.54) is 16.7 Å². The van der Waals surface area contributed by atoms with Crippen molar-refractivity contribution in [2.24, 2.45) is 4.99 Å². The molecule has 1 aromatic carbocycles. The third-order valence-corrected chi connectivity index (χ3v) is 6.12. The molecule has 26 heavy (non-hydrogen) atoms. The molecule has 0 aliphatic carbocycles. The van der Waals surface area contributed by atoms with Gasteiger partial charge in [-0.15, -0.1) is 24.4 Å². The Hall–Kier alpha value is -0.0336.